The van der Waals surface area contributed by atoms with Crippen LogP contribution in [-0.4, -0.2) is 50.2 Å². The third kappa shape index (κ3) is 2.74. The molecule has 0 radical (unpaired) electrons. The predicted octanol–water partition coefficient (Wildman–Crippen LogP) is 0.623. The van der Waals surface area contributed by atoms with Crippen molar-refractivity contribution >= 4 is 5.91 Å². The number of rotatable bonds is 2. The van der Waals surface area contributed by atoms with Crippen molar-refractivity contribution in [1.82, 2.24) is 10.2 Å². The molecule has 0 spiro atoms. The van der Waals surface area contributed by atoms with E-state index in [-0.39, 0.29) is 11.8 Å². The molecule has 2 unspecified atom stereocenters. The van der Waals surface area contributed by atoms with Gasteiger partial charge in [-0.1, -0.05) is 0 Å². The van der Waals surface area contributed by atoms with Gasteiger partial charge in [0.15, 0.2) is 0 Å². The summed E-state index contributed by atoms with van der Waals surface area (Å²) in [5, 5.41) is 3.38. The van der Waals surface area contributed by atoms with E-state index in [1.807, 2.05) is 11.9 Å². The number of carbonyl (C=O) groups is 1. The summed E-state index contributed by atoms with van der Waals surface area (Å²) in [5.74, 6) is 0.394. The maximum absolute atomic E-state index is 12.2. The molecule has 0 aliphatic carbocycles. The summed E-state index contributed by atoms with van der Waals surface area (Å²) in [7, 11) is 1.96. The molecule has 2 saturated heterocycles. The van der Waals surface area contributed by atoms with E-state index in [1.165, 1.54) is 6.42 Å². The van der Waals surface area contributed by atoms with Crippen LogP contribution in [0.4, 0.5) is 0 Å². The summed E-state index contributed by atoms with van der Waals surface area (Å²) in [4.78, 5) is 14.1. The Kier molecular flexibility index (Phi) is 4.18. The van der Waals surface area contributed by atoms with Crippen LogP contribution in [0.25, 0.3) is 0 Å². The quantitative estimate of drug-likeness (QED) is 0.750. The van der Waals surface area contributed by atoms with E-state index in [0.717, 1.165) is 39.0 Å². The standard InChI is InChI=1S/C12H22N2O2/c1-14(11-3-2-6-13-7-4-11)12(15)10-5-8-16-9-10/h10-11,13H,2-9H2,1H3. The van der Waals surface area contributed by atoms with E-state index in [1.54, 1.807) is 0 Å². The Morgan fingerprint density at radius 1 is 1.31 bits per heavy atom. The molecule has 2 fully saturated rings. The van der Waals surface area contributed by atoms with Crippen molar-refractivity contribution in [2.24, 2.45) is 5.92 Å². The molecule has 0 aromatic carbocycles. The molecule has 16 heavy (non-hydrogen) atoms. The van der Waals surface area contributed by atoms with Crippen LogP contribution in [0.15, 0.2) is 0 Å². The molecule has 1 amide bonds. The van der Waals surface area contributed by atoms with Crippen LogP contribution in [0, 0.1) is 5.92 Å². The fourth-order valence-electron chi connectivity index (χ4n) is 2.59. The van der Waals surface area contributed by atoms with Crippen LogP contribution in [0.3, 0.4) is 0 Å². The molecule has 0 saturated carbocycles. The third-order valence-electron chi connectivity index (χ3n) is 3.72. The zero-order valence-electron chi connectivity index (χ0n) is 10.1. The smallest absolute Gasteiger partial charge is 0.228 e. The van der Waals surface area contributed by atoms with Crippen molar-refractivity contribution in [2.45, 2.75) is 31.7 Å². The molecule has 0 aromatic rings. The van der Waals surface area contributed by atoms with Crippen molar-refractivity contribution in [1.29, 1.82) is 0 Å². The minimum absolute atomic E-state index is 0.112. The van der Waals surface area contributed by atoms with Gasteiger partial charge in [-0.2, -0.15) is 0 Å². The lowest BCUT2D eigenvalue weighted by Gasteiger charge is -2.29. The number of carbonyl (C=O) groups excluding carboxylic acids is 1. The molecule has 0 aromatic heterocycles. The van der Waals surface area contributed by atoms with Crippen LogP contribution in [0.2, 0.25) is 0 Å². The topological polar surface area (TPSA) is 41.6 Å². The monoisotopic (exact) mass is 226 g/mol. The summed E-state index contributed by atoms with van der Waals surface area (Å²) in [5.41, 5.74) is 0. The number of hydrogen-bond donors (Lipinski definition) is 1. The minimum Gasteiger partial charge on any atom is -0.381 e. The highest BCUT2D eigenvalue weighted by Gasteiger charge is 2.29. The number of hydrogen-bond acceptors (Lipinski definition) is 3. The first-order chi connectivity index (χ1) is 7.79. The van der Waals surface area contributed by atoms with E-state index < -0.39 is 0 Å². The molecule has 4 nitrogen and oxygen atoms in total. The van der Waals surface area contributed by atoms with Gasteiger partial charge in [-0.25, -0.2) is 0 Å². The van der Waals surface area contributed by atoms with E-state index in [4.69, 9.17) is 4.74 Å². The van der Waals surface area contributed by atoms with E-state index in [9.17, 15) is 4.79 Å². The average Bonchev–Trinajstić information content (AvgIpc) is 2.70. The fraction of sp³-hybridized carbons (Fsp3) is 0.917. The van der Waals surface area contributed by atoms with Gasteiger partial charge in [0.05, 0.1) is 12.5 Å². The van der Waals surface area contributed by atoms with Crippen molar-refractivity contribution in [3.05, 3.63) is 0 Å². The van der Waals surface area contributed by atoms with Crippen molar-refractivity contribution in [3.63, 3.8) is 0 Å². The van der Waals surface area contributed by atoms with Gasteiger partial charge in [0.2, 0.25) is 5.91 Å². The molecule has 4 heteroatoms. The molecule has 2 atom stereocenters. The highest BCUT2D eigenvalue weighted by Crippen LogP contribution is 2.19. The maximum atomic E-state index is 12.2. The predicted molar refractivity (Wildman–Crippen MR) is 62.2 cm³/mol. The zero-order valence-corrected chi connectivity index (χ0v) is 10.1. The van der Waals surface area contributed by atoms with Crippen LogP contribution in [-0.2, 0) is 9.53 Å². The van der Waals surface area contributed by atoms with Crippen LogP contribution < -0.4 is 5.32 Å². The Morgan fingerprint density at radius 3 is 2.94 bits per heavy atom. The number of ether oxygens (including phenoxy) is 1. The highest BCUT2D eigenvalue weighted by molar-refractivity contribution is 5.79. The Balaban J connectivity index is 1.88. The van der Waals surface area contributed by atoms with Gasteiger partial charge in [0, 0.05) is 19.7 Å². The van der Waals surface area contributed by atoms with Crippen molar-refractivity contribution < 1.29 is 9.53 Å². The first-order valence-electron chi connectivity index (χ1n) is 6.34. The first kappa shape index (κ1) is 11.9. The van der Waals surface area contributed by atoms with E-state index >= 15 is 0 Å². The summed E-state index contributed by atoms with van der Waals surface area (Å²) in [6, 6.07) is 0.420. The normalized spacial score (nSPS) is 31.1. The molecule has 2 aliphatic heterocycles. The Morgan fingerprint density at radius 2 is 2.19 bits per heavy atom. The molecule has 0 bridgehead atoms. The molecule has 2 aliphatic rings. The molecule has 2 rings (SSSR count). The van der Waals surface area contributed by atoms with Gasteiger partial charge >= 0.3 is 0 Å². The first-order valence-corrected chi connectivity index (χ1v) is 6.34. The van der Waals surface area contributed by atoms with E-state index in [0.29, 0.717) is 12.6 Å². The molecular formula is C12H22N2O2. The maximum Gasteiger partial charge on any atom is 0.228 e. The molecule has 2 heterocycles. The van der Waals surface area contributed by atoms with Crippen LogP contribution >= 0.6 is 0 Å². The summed E-state index contributed by atoms with van der Waals surface area (Å²) in [6.07, 6.45) is 4.27. The Hall–Kier alpha value is -0.610. The summed E-state index contributed by atoms with van der Waals surface area (Å²) in [6.45, 7) is 3.49. The Bertz CT molecular complexity index is 231. The molecular weight excluding hydrogens is 204 g/mol. The Labute approximate surface area is 97.3 Å². The number of nitrogens with zero attached hydrogens (tertiary/aromatic N) is 1. The largest absolute Gasteiger partial charge is 0.381 e. The van der Waals surface area contributed by atoms with E-state index in [2.05, 4.69) is 5.32 Å². The number of amides is 1. The lowest BCUT2D eigenvalue weighted by atomic mass is 10.0. The SMILES string of the molecule is CN(C(=O)C1CCOC1)C1CCCNCC1. The van der Waals surface area contributed by atoms with Crippen LogP contribution in [0.1, 0.15) is 25.7 Å². The van der Waals surface area contributed by atoms with Gasteiger partial charge in [0.25, 0.3) is 0 Å². The lowest BCUT2D eigenvalue weighted by Crippen LogP contribution is -2.41. The average molecular weight is 226 g/mol. The zero-order chi connectivity index (χ0) is 11.4. The minimum atomic E-state index is 0.112. The number of nitrogens with one attached hydrogen (secondary N) is 1. The highest BCUT2D eigenvalue weighted by atomic mass is 16.5. The van der Waals surface area contributed by atoms with Gasteiger partial charge in [-0.3, -0.25) is 4.79 Å². The van der Waals surface area contributed by atoms with Gasteiger partial charge in [0.1, 0.15) is 0 Å². The second-order valence-electron chi connectivity index (χ2n) is 4.84. The second kappa shape index (κ2) is 5.64. The van der Waals surface area contributed by atoms with Crippen molar-refractivity contribution in [2.75, 3.05) is 33.4 Å². The summed E-state index contributed by atoms with van der Waals surface area (Å²) < 4.78 is 5.28. The molecule has 92 valence electrons. The summed E-state index contributed by atoms with van der Waals surface area (Å²) >= 11 is 0. The second-order valence-corrected chi connectivity index (χ2v) is 4.84. The molecule has 1 N–H and O–H groups in total. The van der Waals surface area contributed by atoms with Gasteiger partial charge in [-0.05, 0) is 38.8 Å². The fourth-order valence-corrected chi connectivity index (χ4v) is 2.59. The van der Waals surface area contributed by atoms with Crippen LogP contribution in [0.5, 0.6) is 0 Å². The lowest BCUT2D eigenvalue weighted by molar-refractivity contribution is -0.136. The van der Waals surface area contributed by atoms with Gasteiger partial charge < -0.3 is 15.0 Å². The van der Waals surface area contributed by atoms with Crippen molar-refractivity contribution in [3.8, 4) is 0 Å². The third-order valence-corrected chi connectivity index (χ3v) is 3.72. The van der Waals surface area contributed by atoms with Gasteiger partial charge in [-0.15, -0.1) is 0 Å².